The first kappa shape index (κ1) is 19.5. The summed E-state index contributed by atoms with van der Waals surface area (Å²) in [7, 11) is 0. The van der Waals surface area contributed by atoms with Crippen LogP contribution in [0.2, 0.25) is 0 Å². The number of ether oxygens (including phenoxy) is 1. The maximum Gasteiger partial charge on any atom is 0.255 e. The SMILES string of the molecule is CC(CC(C)(C)c1ccccc1)NC(=O)c1ccc(OCC(N)=O)cc1. The zero-order valence-electron chi connectivity index (χ0n) is 15.5. The Hall–Kier alpha value is -2.82. The molecule has 0 bridgehead atoms. The maximum absolute atomic E-state index is 12.4. The number of amides is 2. The third-order valence-corrected chi connectivity index (χ3v) is 4.25. The number of rotatable bonds is 8. The monoisotopic (exact) mass is 354 g/mol. The second-order valence-electron chi connectivity index (χ2n) is 7.11. The van der Waals surface area contributed by atoms with Crippen LogP contribution in [0.15, 0.2) is 54.6 Å². The molecule has 0 aliphatic rings. The molecule has 5 heteroatoms. The van der Waals surface area contributed by atoms with Crippen molar-refractivity contribution < 1.29 is 14.3 Å². The van der Waals surface area contributed by atoms with Crippen molar-refractivity contribution >= 4 is 11.8 Å². The van der Waals surface area contributed by atoms with Crippen molar-refractivity contribution in [2.45, 2.75) is 38.6 Å². The van der Waals surface area contributed by atoms with Gasteiger partial charge in [0.1, 0.15) is 5.75 Å². The van der Waals surface area contributed by atoms with Gasteiger partial charge in [0.15, 0.2) is 6.61 Å². The average molecular weight is 354 g/mol. The van der Waals surface area contributed by atoms with Crippen LogP contribution < -0.4 is 15.8 Å². The van der Waals surface area contributed by atoms with Crippen LogP contribution in [-0.2, 0) is 10.2 Å². The van der Waals surface area contributed by atoms with Gasteiger partial charge in [0.05, 0.1) is 0 Å². The molecule has 0 radical (unpaired) electrons. The van der Waals surface area contributed by atoms with Gasteiger partial charge >= 0.3 is 0 Å². The zero-order chi connectivity index (χ0) is 19.2. The number of carbonyl (C=O) groups excluding carboxylic acids is 2. The number of nitrogens with two attached hydrogens (primary N) is 1. The minimum Gasteiger partial charge on any atom is -0.484 e. The first-order chi connectivity index (χ1) is 12.3. The van der Waals surface area contributed by atoms with Crippen molar-refractivity contribution in [3.63, 3.8) is 0 Å². The fourth-order valence-electron chi connectivity index (χ4n) is 2.99. The summed E-state index contributed by atoms with van der Waals surface area (Å²) in [6.07, 6.45) is 0.822. The maximum atomic E-state index is 12.4. The molecule has 2 amide bonds. The summed E-state index contributed by atoms with van der Waals surface area (Å²) in [5.41, 5.74) is 6.79. The lowest BCUT2D eigenvalue weighted by Crippen LogP contribution is -2.37. The van der Waals surface area contributed by atoms with E-state index in [0.29, 0.717) is 11.3 Å². The molecule has 0 saturated heterocycles. The van der Waals surface area contributed by atoms with Gasteiger partial charge < -0.3 is 15.8 Å². The van der Waals surface area contributed by atoms with Crippen LogP contribution in [0.1, 0.15) is 43.1 Å². The molecule has 5 nitrogen and oxygen atoms in total. The quantitative estimate of drug-likeness (QED) is 0.764. The van der Waals surface area contributed by atoms with Gasteiger partial charge in [0.2, 0.25) is 0 Å². The van der Waals surface area contributed by atoms with Crippen LogP contribution in [0, 0.1) is 0 Å². The second-order valence-corrected chi connectivity index (χ2v) is 7.11. The molecular weight excluding hydrogens is 328 g/mol. The number of hydrogen-bond donors (Lipinski definition) is 2. The van der Waals surface area contributed by atoms with E-state index in [9.17, 15) is 9.59 Å². The summed E-state index contributed by atoms with van der Waals surface area (Å²) in [4.78, 5) is 23.1. The van der Waals surface area contributed by atoms with Crippen molar-refractivity contribution in [3.05, 3.63) is 65.7 Å². The molecule has 3 N–H and O–H groups in total. The van der Waals surface area contributed by atoms with Crippen LogP contribution in [0.5, 0.6) is 5.75 Å². The summed E-state index contributed by atoms with van der Waals surface area (Å²) in [5.74, 6) is -0.178. The van der Waals surface area contributed by atoms with Gasteiger partial charge in [-0.05, 0) is 48.6 Å². The van der Waals surface area contributed by atoms with E-state index in [-0.39, 0.29) is 24.0 Å². The summed E-state index contributed by atoms with van der Waals surface area (Å²) in [6, 6.07) is 16.9. The van der Waals surface area contributed by atoms with Crippen molar-refractivity contribution in [3.8, 4) is 5.75 Å². The number of primary amides is 1. The Labute approximate surface area is 154 Å². The highest BCUT2D eigenvalue weighted by Gasteiger charge is 2.24. The predicted molar refractivity (Wildman–Crippen MR) is 102 cm³/mol. The van der Waals surface area contributed by atoms with Crippen LogP contribution in [-0.4, -0.2) is 24.5 Å². The molecular formula is C21H26N2O3. The Balaban J connectivity index is 1.93. The molecule has 0 heterocycles. The Morgan fingerprint density at radius 2 is 1.69 bits per heavy atom. The van der Waals surface area contributed by atoms with Crippen molar-refractivity contribution in [2.24, 2.45) is 5.73 Å². The standard InChI is InChI=1S/C21H26N2O3/c1-15(13-21(2,3)17-7-5-4-6-8-17)23-20(25)16-9-11-18(12-10-16)26-14-19(22)24/h4-12,15H,13-14H2,1-3H3,(H2,22,24)(H,23,25). The van der Waals surface area contributed by atoms with Crippen molar-refractivity contribution in [2.75, 3.05) is 6.61 Å². The molecule has 0 saturated carbocycles. The Kier molecular flexibility index (Phi) is 6.39. The summed E-state index contributed by atoms with van der Waals surface area (Å²) >= 11 is 0. The minimum absolute atomic E-state index is 0.0171. The first-order valence-corrected chi connectivity index (χ1v) is 8.65. The van der Waals surface area contributed by atoms with Crippen LogP contribution in [0.3, 0.4) is 0 Å². The number of nitrogens with one attached hydrogen (secondary N) is 1. The smallest absolute Gasteiger partial charge is 0.255 e. The molecule has 1 unspecified atom stereocenters. The second kappa shape index (κ2) is 8.52. The molecule has 0 aliphatic carbocycles. The van der Waals surface area contributed by atoms with Crippen molar-refractivity contribution in [1.82, 2.24) is 5.32 Å². The average Bonchev–Trinajstić information content (AvgIpc) is 2.60. The zero-order valence-corrected chi connectivity index (χ0v) is 15.5. The van der Waals surface area contributed by atoms with E-state index in [1.165, 1.54) is 5.56 Å². The molecule has 0 aromatic heterocycles. The van der Waals surface area contributed by atoms with E-state index >= 15 is 0 Å². The molecule has 0 spiro atoms. The highest BCUT2D eigenvalue weighted by atomic mass is 16.5. The third-order valence-electron chi connectivity index (χ3n) is 4.25. The van der Waals surface area contributed by atoms with Gasteiger partial charge in [-0.25, -0.2) is 0 Å². The van der Waals surface area contributed by atoms with Crippen LogP contribution in [0.4, 0.5) is 0 Å². The van der Waals surface area contributed by atoms with Crippen molar-refractivity contribution in [1.29, 1.82) is 0 Å². The lowest BCUT2D eigenvalue weighted by Gasteiger charge is -2.29. The van der Waals surface area contributed by atoms with Crippen LogP contribution >= 0.6 is 0 Å². The highest BCUT2D eigenvalue weighted by molar-refractivity contribution is 5.94. The van der Waals surface area contributed by atoms with E-state index in [2.05, 4.69) is 31.3 Å². The van der Waals surface area contributed by atoms with E-state index in [4.69, 9.17) is 10.5 Å². The van der Waals surface area contributed by atoms with Gasteiger partial charge in [-0.3, -0.25) is 9.59 Å². The highest BCUT2D eigenvalue weighted by Crippen LogP contribution is 2.28. The van der Waals surface area contributed by atoms with E-state index in [0.717, 1.165) is 6.42 Å². The van der Waals surface area contributed by atoms with E-state index in [1.807, 2.05) is 25.1 Å². The van der Waals surface area contributed by atoms with Gasteiger partial charge in [-0.2, -0.15) is 0 Å². The number of benzene rings is 2. The fraction of sp³-hybridized carbons (Fsp3) is 0.333. The summed E-state index contributed by atoms with van der Waals surface area (Å²) < 4.78 is 5.19. The van der Waals surface area contributed by atoms with E-state index < -0.39 is 5.91 Å². The normalized spacial score (nSPS) is 12.3. The Morgan fingerprint density at radius 1 is 1.08 bits per heavy atom. The van der Waals surface area contributed by atoms with Gasteiger partial charge in [0.25, 0.3) is 11.8 Å². The lowest BCUT2D eigenvalue weighted by molar-refractivity contribution is -0.119. The molecule has 1 atom stereocenters. The number of hydrogen-bond acceptors (Lipinski definition) is 3. The Morgan fingerprint density at radius 3 is 2.27 bits per heavy atom. The number of carbonyl (C=O) groups is 2. The fourth-order valence-corrected chi connectivity index (χ4v) is 2.99. The summed E-state index contributed by atoms with van der Waals surface area (Å²) in [6.45, 7) is 6.18. The molecule has 2 aromatic rings. The summed E-state index contributed by atoms with van der Waals surface area (Å²) in [5, 5.41) is 3.04. The molecule has 0 fully saturated rings. The molecule has 0 aliphatic heterocycles. The minimum atomic E-state index is -0.540. The van der Waals surface area contributed by atoms with E-state index in [1.54, 1.807) is 24.3 Å². The van der Waals surface area contributed by atoms with Gasteiger partial charge in [-0.15, -0.1) is 0 Å². The largest absolute Gasteiger partial charge is 0.484 e. The molecule has 138 valence electrons. The Bertz CT molecular complexity index is 740. The topological polar surface area (TPSA) is 81.4 Å². The van der Waals surface area contributed by atoms with Crippen LogP contribution in [0.25, 0.3) is 0 Å². The molecule has 2 aromatic carbocycles. The molecule has 2 rings (SSSR count). The first-order valence-electron chi connectivity index (χ1n) is 8.65. The third kappa shape index (κ3) is 5.62. The lowest BCUT2D eigenvalue weighted by atomic mass is 9.79. The molecule has 26 heavy (non-hydrogen) atoms. The van der Waals surface area contributed by atoms with Gasteiger partial charge in [-0.1, -0.05) is 44.2 Å². The van der Waals surface area contributed by atoms with Gasteiger partial charge in [0, 0.05) is 11.6 Å². The predicted octanol–water partition coefficient (Wildman–Crippen LogP) is 3.04.